The van der Waals surface area contributed by atoms with Gasteiger partial charge in [0.2, 0.25) is 6.43 Å². The zero-order chi connectivity index (χ0) is 19.5. The van der Waals surface area contributed by atoms with E-state index in [2.05, 4.69) is 20.3 Å². The molecule has 28 heavy (non-hydrogen) atoms. The summed E-state index contributed by atoms with van der Waals surface area (Å²) >= 11 is 0. The molecule has 0 atom stereocenters. The number of amides is 1. The zero-order valence-corrected chi connectivity index (χ0v) is 14.5. The molecule has 0 radical (unpaired) electrons. The Hall–Kier alpha value is -3.68. The smallest absolute Gasteiger partial charge is 0.256 e. The van der Waals surface area contributed by atoms with E-state index in [1.54, 1.807) is 24.7 Å². The van der Waals surface area contributed by atoms with Crippen molar-refractivity contribution in [3.63, 3.8) is 0 Å². The van der Waals surface area contributed by atoms with E-state index in [0.29, 0.717) is 28.4 Å². The van der Waals surface area contributed by atoms with Crippen molar-refractivity contribution < 1.29 is 18.0 Å². The summed E-state index contributed by atoms with van der Waals surface area (Å²) in [4.78, 5) is 24.8. The highest BCUT2D eigenvalue weighted by Crippen LogP contribution is 2.23. The number of nitrogens with one attached hydrogen (secondary N) is 1. The standard InChI is InChI=1S/C20H14F2N4O2/c21-18(22)5-12-1-3-13(4-2-12)20(27)26-19-7-14-6-16(17-10-23-11-28-17)24-8-15(14)9-25-19/h1-4,6-11,18H,5H2,(H,25,26,27). The summed E-state index contributed by atoms with van der Waals surface area (Å²) in [6, 6.07) is 9.60. The minimum absolute atomic E-state index is 0.338. The quantitative estimate of drug-likeness (QED) is 0.557. The van der Waals surface area contributed by atoms with Crippen LogP contribution in [0.2, 0.25) is 0 Å². The molecule has 140 valence electrons. The molecule has 0 spiro atoms. The van der Waals surface area contributed by atoms with Gasteiger partial charge in [-0.1, -0.05) is 12.1 Å². The molecule has 8 heteroatoms. The summed E-state index contributed by atoms with van der Waals surface area (Å²) in [6.07, 6.45) is 3.40. The first kappa shape index (κ1) is 17.7. The Labute approximate surface area is 158 Å². The van der Waals surface area contributed by atoms with Gasteiger partial charge in [0, 0.05) is 29.8 Å². The van der Waals surface area contributed by atoms with Crippen LogP contribution in [-0.2, 0) is 6.42 Å². The van der Waals surface area contributed by atoms with Gasteiger partial charge in [-0.25, -0.2) is 18.7 Å². The molecule has 0 aliphatic carbocycles. The number of aromatic nitrogens is 3. The molecule has 1 N–H and O–H groups in total. The maximum Gasteiger partial charge on any atom is 0.256 e. The van der Waals surface area contributed by atoms with E-state index in [-0.39, 0.29) is 12.3 Å². The van der Waals surface area contributed by atoms with Gasteiger partial charge in [-0.05, 0) is 35.2 Å². The number of carbonyl (C=O) groups is 1. The molecule has 0 saturated carbocycles. The Kier molecular flexibility index (Phi) is 4.76. The van der Waals surface area contributed by atoms with Crippen LogP contribution in [0.4, 0.5) is 14.6 Å². The highest BCUT2D eigenvalue weighted by atomic mass is 19.3. The lowest BCUT2D eigenvalue weighted by molar-refractivity contribution is 0.102. The van der Waals surface area contributed by atoms with E-state index in [0.717, 1.165) is 10.8 Å². The summed E-state index contributed by atoms with van der Waals surface area (Å²) in [5.74, 6) is 0.525. The first-order chi connectivity index (χ1) is 13.6. The molecule has 0 fully saturated rings. The number of carbonyl (C=O) groups excluding carboxylic acids is 1. The van der Waals surface area contributed by atoms with Crippen LogP contribution >= 0.6 is 0 Å². The number of hydrogen-bond donors (Lipinski definition) is 1. The van der Waals surface area contributed by atoms with Crippen molar-refractivity contribution in [3.8, 4) is 11.5 Å². The predicted molar refractivity (Wildman–Crippen MR) is 99.1 cm³/mol. The minimum atomic E-state index is -2.42. The average Bonchev–Trinajstić information content (AvgIpc) is 3.22. The van der Waals surface area contributed by atoms with Crippen molar-refractivity contribution in [1.29, 1.82) is 0 Å². The van der Waals surface area contributed by atoms with Crippen LogP contribution in [0.15, 0.2) is 65.8 Å². The van der Waals surface area contributed by atoms with Crippen LogP contribution in [0.3, 0.4) is 0 Å². The summed E-state index contributed by atoms with van der Waals surface area (Å²) in [7, 11) is 0. The van der Waals surface area contributed by atoms with Crippen molar-refractivity contribution in [1.82, 2.24) is 15.0 Å². The van der Waals surface area contributed by atoms with Crippen LogP contribution in [0.5, 0.6) is 0 Å². The van der Waals surface area contributed by atoms with Crippen molar-refractivity contribution in [2.45, 2.75) is 12.8 Å². The van der Waals surface area contributed by atoms with Gasteiger partial charge in [-0.15, -0.1) is 0 Å². The molecule has 0 saturated heterocycles. The molecular weight excluding hydrogens is 366 g/mol. The normalized spacial score (nSPS) is 11.1. The summed E-state index contributed by atoms with van der Waals surface area (Å²) in [6.45, 7) is 0. The molecule has 0 bridgehead atoms. The number of hydrogen-bond acceptors (Lipinski definition) is 5. The molecular formula is C20H14F2N4O2. The van der Waals surface area contributed by atoms with Crippen LogP contribution in [-0.4, -0.2) is 27.3 Å². The number of fused-ring (bicyclic) bond motifs is 1. The summed E-state index contributed by atoms with van der Waals surface area (Å²) in [5, 5.41) is 4.33. The molecule has 6 nitrogen and oxygen atoms in total. The maximum absolute atomic E-state index is 12.4. The molecule has 3 heterocycles. The Morgan fingerprint density at radius 3 is 2.54 bits per heavy atom. The van der Waals surface area contributed by atoms with Gasteiger partial charge < -0.3 is 9.73 Å². The Morgan fingerprint density at radius 1 is 1.04 bits per heavy atom. The number of benzene rings is 1. The van der Waals surface area contributed by atoms with Gasteiger partial charge in [0.05, 0.1) is 6.20 Å². The lowest BCUT2D eigenvalue weighted by atomic mass is 10.1. The molecule has 4 aromatic rings. The second kappa shape index (κ2) is 7.51. The van der Waals surface area contributed by atoms with Gasteiger partial charge in [0.1, 0.15) is 11.5 Å². The molecule has 1 aromatic carbocycles. The van der Waals surface area contributed by atoms with E-state index < -0.39 is 6.43 Å². The van der Waals surface area contributed by atoms with Gasteiger partial charge in [0.15, 0.2) is 12.2 Å². The first-order valence-corrected chi connectivity index (χ1v) is 8.41. The maximum atomic E-state index is 12.4. The molecule has 4 rings (SSSR count). The second-order valence-electron chi connectivity index (χ2n) is 6.10. The topological polar surface area (TPSA) is 80.9 Å². The molecule has 0 unspecified atom stereocenters. The van der Waals surface area contributed by atoms with Crippen LogP contribution in [0.25, 0.3) is 22.2 Å². The van der Waals surface area contributed by atoms with E-state index in [1.807, 2.05) is 6.07 Å². The van der Waals surface area contributed by atoms with Crippen molar-refractivity contribution in [2.24, 2.45) is 0 Å². The second-order valence-corrected chi connectivity index (χ2v) is 6.10. The molecule has 1 amide bonds. The summed E-state index contributed by atoms with van der Waals surface area (Å²) < 4.78 is 30.1. The molecule has 0 aliphatic heterocycles. The number of oxazole rings is 1. The van der Waals surface area contributed by atoms with Gasteiger partial charge in [0.25, 0.3) is 5.91 Å². The molecule has 3 aromatic heterocycles. The Balaban J connectivity index is 1.54. The lowest BCUT2D eigenvalue weighted by Gasteiger charge is -2.07. The van der Waals surface area contributed by atoms with Crippen molar-refractivity contribution in [3.05, 3.63) is 72.5 Å². The molecule has 0 aliphatic rings. The fourth-order valence-electron chi connectivity index (χ4n) is 2.74. The number of nitrogens with zero attached hydrogens (tertiary/aromatic N) is 3. The fraction of sp³-hybridized carbons (Fsp3) is 0.100. The van der Waals surface area contributed by atoms with E-state index in [4.69, 9.17) is 4.42 Å². The Morgan fingerprint density at radius 2 is 1.82 bits per heavy atom. The highest BCUT2D eigenvalue weighted by molar-refractivity contribution is 6.04. The van der Waals surface area contributed by atoms with Crippen LogP contribution in [0.1, 0.15) is 15.9 Å². The fourth-order valence-corrected chi connectivity index (χ4v) is 2.74. The van der Waals surface area contributed by atoms with Crippen LogP contribution < -0.4 is 5.32 Å². The van der Waals surface area contributed by atoms with Gasteiger partial charge in [-0.3, -0.25) is 9.78 Å². The average molecular weight is 380 g/mol. The lowest BCUT2D eigenvalue weighted by Crippen LogP contribution is -2.13. The summed E-state index contributed by atoms with van der Waals surface area (Å²) in [5.41, 5.74) is 1.45. The van der Waals surface area contributed by atoms with Crippen LogP contribution in [0, 0.1) is 0 Å². The third-order valence-electron chi connectivity index (χ3n) is 4.14. The van der Waals surface area contributed by atoms with E-state index in [9.17, 15) is 13.6 Å². The third-order valence-corrected chi connectivity index (χ3v) is 4.14. The zero-order valence-electron chi connectivity index (χ0n) is 14.5. The van der Waals surface area contributed by atoms with Gasteiger partial charge >= 0.3 is 0 Å². The number of alkyl halides is 2. The highest BCUT2D eigenvalue weighted by Gasteiger charge is 2.10. The largest absolute Gasteiger partial charge is 0.442 e. The third kappa shape index (κ3) is 3.85. The Bertz CT molecular complexity index is 1110. The minimum Gasteiger partial charge on any atom is -0.442 e. The van der Waals surface area contributed by atoms with Crippen molar-refractivity contribution >= 4 is 22.5 Å². The first-order valence-electron chi connectivity index (χ1n) is 8.41. The van der Waals surface area contributed by atoms with Crippen molar-refractivity contribution in [2.75, 3.05) is 5.32 Å². The van der Waals surface area contributed by atoms with Gasteiger partial charge in [-0.2, -0.15) is 0 Å². The SMILES string of the molecule is O=C(Nc1cc2cc(-c3cnco3)ncc2cn1)c1ccc(CC(F)F)cc1. The number of halogens is 2. The number of pyridine rings is 2. The van der Waals surface area contributed by atoms with E-state index in [1.165, 1.54) is 30.7 Å². The van der Waals surface area contributed by atoms with E-state index >= 15 is 0 Å². The monoisotopic (exact) mass is 380 g/mol. The number of rotatable bonds is 5. The predicted octanol–water partition coefficient (Wildman–Crippen LogP) is 4.34. The number of anilines is 1.